The molecular weight excluding hydrogens is 1110 g/mol. The van der Waals surface area contributed by atoms with Crippen molar-refractivity contribution in [2.75, 3.05) is 0 Å². The van der Waals surface area contributed by atoms with E-state index in [1.807, 2.05) is 0 Å². The van der Waals surface area contributed by atoms with E-state index in [2.05, 4.69) is 159 Å². The molecule has 13 atom stereocenters. The summed E-state index contributed by atoms with van der Waals surface area (Å²) in [7, 11) is 0. The van der Waals surface area contributed by atoms with Gasteiger partial charge in [-0.05, 0) is 292 Å². The van der Waals surface area contributed by atoms with Gasteiger partial charge in [0.25, 0.3) is 0 Å². The minimum Gasteiger partial charge on any atom is -0.0651 e. The van der Waals surface area contributed by atoms with Gasteiger partial charge in [0.05, 0.1) is 0 Å². The average Bonchev–Trinajstić information content (AvgIpc) is 1.15. The normalized spacial score (nSPS) is 44.3. The molecule has 0 N–H and O–H groups in total. The molecule has 0 amide bonds. The molecule has 92 heavy (non-hydrogen) atoms. The Morgan fingerprint density at radius 3 is 1.07 bits per heavy atom. The summed E-state index contributed by atoms with van der Waals surface area (Å²) < 4.78 is 0. The topological polar surface area (TPSA) is 0 Å². The van der Waals surface area contributed by atoms with Crippen LogP contribution in [0.1, 0.15) is 416 Å². The highest BCUT2D eigenvalue weighted by Gasteiger charge is 2.57. The van der Waals surface area contributed by atoms with Crippen LogP contribution in [0.5, 0.6) is 0 Å². The SMILES string of the molecule is CC1CC2C(C)CC1C2(C)C.CC1CCC(C(C)C(C)C)CC1.CCC12CC3CC(CC(C)(C3)C1)C2.CCC1C2CC3CC1CC(CC)(C3)C2.CCC1CC(C(C)C)C1.CCC1CC1C.CCC1CCC(C)C1.CCC1CCC(C)CC1.CCC1CCC(CC)CC1. The molecule has 0 saturated heterocycles. The lowest BCUT2D eigenvalue weighted by molar-refractivity contribution is -0.103. The quantitative estimate of drug-likeness (QED) is 0.183. The first-order chi connectivity index (χ1) is 43.6. The zero-order valence-electron chi connectivity index (χ0n) is 67.7. The zero-order chi connectivity index (χ0) is 67.7. The lowest BCUT2D eigenvalue weighted by Crippen LogP contribution is -2.50. The van der Waals surface area contributed by atoms with Crippen molar-refractivity contribution in [3.8, 4) is 0 Å². The molecule has 0 heteroatoms. The van der Waals surface area contributed by atoms with Crippen LogP contribution in [0, 0.1) is 170 Å². The second-order valence-corrected chi connectivity index (χ2v) is 40.2. The van der Waals surface area contributed by atoms with Crippen molar-refractivity contribution >= 4 is 0 Å². The highest BCUT2D eigenvalue weighted by atomic mass is 14.6. The molecule has 0 aromatic carbocycles. The van der Waals surface area contributed by atoms with Gasteiger partial charge in [-0.15, -0.1) is 0 Å². The van der Waals surface area contributed by atoms with Crippen LogP contribution >= 0.6 is 0 Å². The molecule has 0 aliphatic heterocycles. The minimum absolute atomic E-state index is 0.666. The predicted octanol–water partition coefficient (Wildman–Crippen LogP) is 30.5. The maximum absolute atomic E-state index is 2.56. The fourth-order valence-electron chi connectivity index (χ4n) is 25.2. The molecule has 16 rings (SSSR count). The first-order valence-electron chi connectivity index (χ1n) is 43.6. The number of hydrogen-bond acceptors (Lipinski definition) is 0. The van der Waals surface area contributed by atoms with E-state index in [1.165, 1.54) is 186 Å². The summed E-state index contributed by atoms with van der Waals surface area (Å²) in [6, 6.07) is 0. The van der Waals surface area contributed by atoms with E-state index in [-0.39, 0.29) is 0 Å². The molecule has 16 aliphatic carbocycles. The average molecular weight is 1280 g/mol. The summed E-state index contributed by atoms with van der Waals surface area (Å²) in [6.07, 6.45) is 60.1. The highest BCUT2D eigenvalue weighted by molar-refractivity contribution is 5.07. The van der Waals surface area contributed by atoms with Crippen LogP contribution in [0.3, 0.4) is 0 Å². The summed E-state index contributed by atoms with van der Waals surface area (Å²) in [5.74, 6) is 26.3. The smallest absolute Gasteiger partial charge is 0.0290 e. The second kappa shape index (κ2) is 38.2. The summed E-state index contributed by atoms with van der Waals surface area (Å²) in [5, 5.41) is 0. The van der Waals surface area contributed by atoms with Crippen LogP contribution in [0.2, 0.25) is 0 Å². The molecule has 16 saturated carbocycles. The van der Waals surface area contributed by atoms with Gasteiger partial charge in [-0.2, -0.15) is 0 Å². The van der Waals surface area contributed by atoms with E-state index in [0.29, 0.717) is 5.41 Å². The number of fused-ring (bicyclic) bond motifs is 2. The van der Waals surface area contributed by atoms with E-state index < -0.39 is 0 Å². The maximum Gasteiger partial charge on any atom is -0.0290 e. The van der Waals surface area contributed by atoms with Gasteiger partial charge < -0.3 is 0 Å². The van der Waals surface area contributed by atoms with Crippen molar-refractivity contribution in [3.05, 3.63) is 0 Å². The Morgan fingerprint density at radius 2 is 0.750 bits per heavy atom. The van der Waals surface area contributed by atoms with Gasteiger partial charge in [0.2, 0.25) is 0 Å². The highest BCUT2D eigenvalue weighted by Crippen LogP contribution is 2.67. The molecular formula is C92H174. The summed E-state index contributed by atoms with van der Waals surface area (Å²) in [5.41, 5.74) is 3.06. The van der Waals surface area contributed by atoms with Crippen LogP contribution < -0.4 is 0 Å². The molecule has 13 unspecified atom stereocenters. The fourth-order valence-corrected chi connectivity index (χ4v) is 25.2. The van der Waals surface area contributed by atoms with Crippen molar-refractivity contribution in [1.82, 2.24) is 0 Å². The van der Waals surface area contributed by atoms with Gasteiger partial charge in [-0.1, -0.05) is 294 Å². The molecule has 542 valence electrons. The molecule has 0 aromatic heterocycles. The monoisotopic (exact) mass is 1280 g/mol. The number of hydrogen-bond donors (Lipinski definition) is 0. The van der Waals surface area contributed by atoms with E-state index in [4.69, 9.17) is 0 Å². The Labute approximate surface area is 582 Å². The van der Waals surface area contributed by atoms with Crippen LogP contribution in [-0.4, -0.2) is 0 Å². The Hall–Kier alpha value is 0. The van der Waals surface area contributed by atoms with Crippen molar-refractivity contribution in [2.24, 2.45) is 170 Å². The third kappa shape index (κ3) is 23.5. The summed E-state index contributed by atoms with van der Waals surface area (Å²) >= 11 is 0. The van der Waals surface area contributed by atoms with Gasteiger partial charge in [0.15, 0.2) is 0 Å². The Balaban J connectivity index is 0.000000166. The number of rotatable bonds is 12. The van der Waals surface area contributed by atoms with Gasteiger partial charge in [0, 0.05) is 0 Å². The molecule has 0 nitrogen and oxygen atoms in total. The van der Waals surface area contributed by atoms with Crippen LogP contribution in [0.15, 0.2) is 0 Å². The van der Waals surface area contributed by atoms with Crippen molar-refractivity contribution in [2.45, 2.75) is 416 Å². The first kappa shape index (κ1) is 81.0. The van der Waals surface area contributed by atoms with Gasteiger partial charge in [-0.3, -0.25) is 0 Å². The molecule has 0 spiro atoms. The molecule has 16 fully saturated rings. The lowest BCUT2D eigenvalue weighted by Gasteiger charge is -2.61. The molecule has 16 aliphatic rings. The Morgan fingerprint density at radius 1 is 0.337 bits per heavy atom. The Kier molecular flexibility index (Phi) is 33.6. The van der Waals surface area contributed by atoms with E-state index >= 15 is 0 Å². The fraction of sp³-hybridized carbons (Fsp3) is 1.00. The maximum atomic E-state index is 2.56. The van der Waals surface area contributed by atoms with Crippen LogP contribution in [0.25, 0.3) is 0 Å². The largest absolute Gasteiger partial charge is 0.0651 e. The second-order valence-electron chi connectivity index (χ2n) is 40.2. The molecule has 10 bridgehead atoms. The summed E-state index contributed by atoms with van der Waals surface area (Å²) in [4.78, 5) is 0. The molecule has 0 aromatic rings. The lowest BCUT2D eigenvalue weighted by atomic mass is 9.44. The zero-order valence-corrected chi connectivity index (χ0v) is 67.7. The third-order valence-corrected chi connectivity index (χ3v) is 32.2. The first-order valence-corrected chi connectivity index (χ1v) is 43.6. The minimum atomic E-state index is 0.666. The van der Waals surface area contributed by atoms with Gasteiger partial charge in [0.1, 0.15) is 0 Å². The predicted molar refractivity (Wildman–Crippen MR) is 412 cm³/mol. The van der Waals surface area contributed by atoms with Crippen molar-refractivity contribution in [1.29, 1.82) is 0 Å². The van der Waals surface area contributed by atoms with E-state index in [1.54, 1.807) is 70.6 Å². The van der Waals surface area contributed by atoms with Gasteiger partial charge in [-0.25, -0.2) is 0 Å². The third-order valence-electron chi connectivity index (χ3n) is 32.2. The molecule has 0 heterocycles. The van der Waals surface area contributed by atoms with E-state index in [9.17, 15) is 0 Å². The Bertz CT molecular complexity index is 1870. The van der Waals surface area contributed by atoms with E-state index in [0.717, 1.165) is 164 Å². The van der Waals surface area contributed by atoms with Crippen molar-refractivity contribution < 1.29 is 0 Å². The van der Waals surface area contributed by atoms with Crippen LogP contribution in [-0.2, 0) is 0 Å². The van der Waals surface area contributed by atoms with Crippen LogP contribution in [0.4, 0.5) is 0 Å². The molecule has 0 radical (unpaired) electrons. The standard InChI is InChI=1S/C14H24.C13H22.C12H24.C11H20.C10H20.2C9H18.C8H16.C6H12/c1-3-13-11-5-10-6-12(13)9-14(4-2,7-10)8-11;1-3-13-7-10-4-11(8-13)6-12(2,5-10)9-13;1-9(2)11(4)12-7-5-10(3)6-8-12;1-7-5-10-8(2)6-9(7)11(10,3)4;1-3-9-5-7-10(4-2)8-6-9;1-4-8-5-9(6-8)7(2)3;1-3-9-6-4-8(2)5-7-9;1-3-8-5-4-7(2)6-8;1-3-6-4-5(6)2/h10-13H,3-9H2,1-2H3;10-11H,3-9H2,1-2H3;9-12H,5-8H2,1-4H3;7-10H,5-6H2,1-4H3;9-10H,3-8H2,1-2H3;7-9H,4-6H2,1-3H3;8-9H,3-7H2,1-2H3;7-8H,3-6H2,1-2H3;5-6H,3-4H2,1-2H3. The summed E-state index contributed by atoms with van der Waals surface area (Å²) in [6.45, 7) is 54.9. The van der Waals surface area contributed by atoms with Crippen molar-refractivity contribution in [3.63, 3.8) is 0 Å². The van der Waals surface area contributed by atoms with Gasteiger partial charge >= 0.3 is 0 Å².